The fourth-order valence-electron chi connectivity index (χ4n) is 3.76. The van der Waals surface area contributed by atoms with Gasteiger partial charge in [0, 0.05) is 0 Å². The van der Waals surface area contributed by atoms with Gasteiger partial charge in [-0.05, 0) is 29.9 Å². The monoisotopic (exact) mass is 446 g/mol. The fourth-order valence-corrected chi connectivity index (χ4v) is 3.76. The minimum absolute atomic E-state index is 0.178. The van der Waals surface area contributed by atoms with Gasteiger partial charge in [-0.3, -0.25) is 14.5 Å². The van der Waals surface area contributed by atoms with Crippen LogP contribution < -0.4 is 20.9 Å². The lowest BCUT2D eigenvalue weighted by Crippen LogP contribution is -2.61. The predicted octanol–water partition coefficient (Wildman–Crippen LogP) is 2.82. The van der Waals surface area contributed by atoms with Gasteiger partial charge in [0.1, 0.15) is 18.1 Å². The van der Waals surface area contributed by atoms with Crippen LogP contribution in [0.1, 0.15) is 48.0 Å². The summed E-state index contributed by atoms with van der Waals surface area (Å²) < 4.78 is 0. The lowest BCUT2D eigenvalue weighted by atomic mass is 9.96. The van der Waals surface area contributed by atoms with Crippen LogP contribution in [0.2, 0.25) is 0 Å². The van der Waals surface area contributed by atoms with Crippen LogP contribution in [0.4, 0.5) is 16.2 Å². The number of nitrogens with one attached hydrogen (secondary N) is 3. The molecular formula is C23H34N4O5. The average Bonchev–Trinajstić information content (AvgIpc) is 2.73. The van der Waals surface area contributed by atoms with Crippen molar-refractivity contribution >= 4 is 35.2 Å². The molecule has 4 atom stereocenters. The van der Waals surface area contributed by atoms with Crippen molar-refractivity contribution in [2.45, 2.75) is 66.1 Å². The number of hydrogen-bond donors (Lipinski definition) is 4. The van der Waals surface area contributed by atoms with Crippen LogP contribution in [-0.2, 0) is 14.4 Å². The minimum atomic E-state index is -1.12. The van der Waals surface area contributed by atoms with Crippen LogP contribution in [-0.4, -0.2) is 47.0 Å². The van der Waals surface area contributed by atoms with Crippen LogP contribution in [0.5, 0.6) is 0 Å². The maximum atomic E-state index is 13.4. The van der Waals surface area contributed by atoms with Crippen LogP contribution in [0.3, 0.4) is 0 Å². The first kappa shape index (κ1) is 25.2. The number of carbonyl (C=O) groups excluding carboxylic acids is 3. The van der Waals surface area contributed by atoms with E-state index in [0.717, 1.165) is 0 Å². The third kappa shape index (κ3) is 5.38. The maximum absolute atomic E-state index is 13.4. The van der Waals surface area contributed by atoms with Gasteiger partial charge in [0.2, 0.25) is 11.8 Å². The molecule has 0 radical (unpaired) electrons. The van der Waals surface area contributed by atoms with Crippen molar-refractivity contribution in [3.63, 3.8) is 0 Å². The molecule has 0 fully saturated rings. The number of fused-ring (bicyclic) bond motifs is 1. The van der Waals surface area contributed by atoms with E-state index in [9.17, 15) is 24.3 Å². The molecule has 32 heavy (non-hydrogen) atoms. The Balaban J connectivity index is 2.32. The van der Waals surface area contributed by atoms with E-state index in [4.69, 9.17) is 0 Å². The van der Waals surface area contributed by atoms with Crippen LogP contribution >= 0.6 is 0 Å². The zero-order valence-corrected chi connectivity index (χ0v) is 19.5. The second-order valence-corrected chi connectivity index (χ2v) is 8.95. The van der Waals surface area contributed by atoms with Crippen LogP contribution in [0.25, 0.3) is 0 Å². The summed E-state index contributed by atoms with van der Waals surface area (Å²) in [6, 6.07) is 3.59. The number of para-hydroxylation sites is 2. The van der Waals surface area contributed by atoms with Gasteiger partial charge >= 0.3 is 12.0 Å². The molecule has 4 amide bonds. The number of urea groups is 1. The van der Waals surface area contributed by atoms with E-state index >= 15 is 0 Å². The highest BCUT2D eigenvalue weighted by Gasteiger charge is 2.40. The molecule has 1 aliphatic heterocycles. The highest BCUT2D eigenvalue weighted by atomic mass is 16.4. The molecule has 1 unspecified atom stereocenters. The third-order valence-corrected chi connectivity index (χ3v) is 5.82. The zero-order chi connectivity index (χ0) is 24.2. The van der Waals surface area contributed by atoms with Gasteiger partial charge in [0.25, 0.3) is 0 Å². The number of carboxylic acid groups (broad SMARTS) is 1. The number of carboxylic acids is 1. The molecule has 0 saturated heterocycles. The summed E-state index contributed by atoms with van der Waals surface area (Å²) in [5.41, 5.74) is 1.05. The van der Waals surface area contributed by atoms with Crippen molar-refractivity contribution in [2.75, 3.05) is 10.2 Å². The Bertz CT molecular complexity index is 870. The van der Waals surface area contributed by atoms with Gasteiger partial charge in [-0.2, -0.15) is 0 Å². The van der Waals surface area contributed by atoms with E-state index in [1.54, 1.807) is 45.0 Å². The van der Waals surface area contributed by atoms with Crippen molar-refractivity contribution in [3.05, 3.63) is 24.3 Å². The highest BCUT2D eigenvalue weighted by molar-refractivity contribution is 6.12. The quantitative estimate of drug-likeness (QED) is 0.488. The normalized spacial score (nSPS) is 18.4. The molecule has 9 nitrogen and oxygen atoms in total. The van der Waals surface area contributed by atoms with E-state index in [-0.39, 0.29) is 23.7 Å². The number of rotatable bonds is 8. The first-order valence-corrected chi connectivity index (χ1v) is 11.0. The van der Waals surface area contributed by atoms with Gasteiger partial charge in [-0.25, -0.2) is 9.59 Å². The average molecular weight is 447 g/mol. The van der Waals surface area contributed by atoms with Crippen molar-refractivity contribution in [2.24, 2.45) is 17.8 Å². The maximum Gasteiger partial charge on any atom is 0.326 e. The number of amides is 4. The summed E-state index contributed by atoms with van der Waals surface area (Å²) >= 11 is 0. The number of benzene rings is 1. The molecule has 1 aliphatic rings. The number of nitrogens with zero attached hydrogens (tertiary/aromatic N) is 1. The molecule has 176 valence electrons. The Morgan fingerprint density at radius 3 is 2.22 bits per heavy atom. The Labute approximate surface area is 188 Å². The Hall–Kier alpha value is -3.10. The summed E-state index contributed by atoms with van der Waals surface area (Å²) in [7, 11) is 0. The third-order valence-electron chi connectivity index (χ3n) is 5.82. The number of carbonyl (C=O) groups is 4. The molecule has 0 aromatic heterocycles. The topological polar surface area (TPSA) is 128 Å². The van der Waals surface area contributed by atoms with Crippen molar-refractivity contribution < 1.29 is 24.3 Å². The summed E-state index contributed by atoms with van der Waals surface area (Å²) in [6.45, 7) is 10.8. The fraction of sp³-hybridized carbons (Fsp3) is 0.565. The largest absolute Gasteiger partial charge is 0.480 e. The standard InChI is InChI=1S/C23H34N4O5/c1-7-14(6)18(22(30)31)25-20(28)17(12(2)3)26-23(32)27-16-11-9-8-10-15(16)24-21(29)19(27)13(4)5/h8-14,17-19H,7H2,1-6H3,(H,24,29)(H,25,28)(H,26,32)(H,30,31)/t14?,17-,18-,19-/m0/s1. The molecule has 1 heterocycles. The zero-order valence-electron chi connectivity index (χ0n) is 19.5. The summed E-state index contributed by atoms with van der Waals surface area (Å²) in [5.74, 6) is -2.76. The summed E-state index contributed by atoms with van der Waals surface area (Å²) in [4.78, 5) is 52.1. The Morgan fingerprint density at radius 1 is 1.06 bits per heavy atom. The number of anilines is 2. The molecule has 0 aliphatic carbocycles. The second-order valence-electron chi connectivity index (χ2n) is 8.95. The van der Waals surface area contributed by atoms with Crippen LogP contribution in [0, 0.1) is 17.8 Å². The highest BCUT2D eigenvalue weighted by Crippen LogP contribution is 2.34. The smallest absolute Gasteiger partial charge is 0.326 e. The first-order valence-electron chi connectivity index (χ1n) is 11.0. The van der Waals surface area contributed by atoms with Gasteiger partial charge in [-0.15, -0.1) is 0 Å². The Morgan fingerprint density at radius 2 is 1.69 bits per heavy atom. The van der Waals surface area contributed by atoms with Crippen molar-refractivity contribution in [1.82, 2.24) is 10.6 Å². The molecular weight excluding hydrogens is 412 g/mol. The SMILES string of the molecule is CCC(C)[C@H](NC(=O)[C@@H](NC(=O)N1c2ccccc2NC(=O)[C@@H]1C(C)C)C(C)C)C(=O)O. The van der Waals surface area contributed by atoms with E-state index in [1.165, 1.54) is 4.90 Å². The van der Waals surface area contributed by atoms with Crippen LogP contribution in [0.15, 0.2) is 24.3 Å². The molecule has 1 aromatic rings. The van der Waals surface area contributed by atoms with Gasteiger partial charge < -0.3 is 21.1 Å². The van der Waals surface area contributed by atoms with E-state index < -0.39 is 36.0 Å². The van der Waals surface area contributed by atoms with Gasteiger partial charge in [-0.1, -0.05) is 60.1 Å². The molecule has 9 heteroatoms. The second kappa shape index (κ2) is 10.5. The molecule has 0 saturated carbocycles. The van der Waals surface area contributed by atoms with Gasteiger partial charge in [0.05, 0.1) is 11.4 Å². The molecule has 2 rings (SSSR count). The number of hydrogen-bond acceptors (Lipinski definition) is 4. The van der Waals surface area contributed by atoms with E-state index in [0.29, 0.717) is 17.8 Å². The predicted molar refractivity (Wildman–Crippen MR) is 122 cm³/mol. The lowest BCUT2D eigenvalue weighted by molar-refractivity contribution is -0.143. The number of aliphatic carboxylic acids is 1. The lowest BCUT2D eigenvalue weighted by Gasteiger charge is -2.39. The molecule has 0 spiro atoms. The van der Waals surface area contributed by atoms with Crippen molar-refractivity contribution in [1.29, 1.82) is 0 Å². The summed E-state index contributed by atoms with van der Waals surface area (Å²) in [6.07, 6.45) is 0.575. The van der Waals surface area contributed by atoms with E-state index in [2.05, 4.69) is 16.0 Å². The summed E-state index contributed by atoms with van der Waals surface area (Å²) in [5, 5.41) is 17.6. The Kier molecular flexibility index (Phi) is 8.24. The molecule has 1 aromatic carbocycles. The van der Waals surface area contributed by atoms with Gasteiger partial charge in [0.15, 0.2) is 0 Å². The minimum Gasteiger partial charge on any atom is -0.480 e. The molecule has 0 bridgehead atoms. The van der Waals surface area contributed by atoms with Crippen molar-refractivity contribution in [3.8, 4) is 0 Å². The molecule has 4 N–H and O–H groups in total. The first-order chi connectivity index (χ1) is 15.0. The van der Waals surface area contributed by atoms with E-state index in [1.807, 2.05) is 20.8 Å².